The van der Waals surface area contributed by atoms with Crippen molar-refractivity contribution in [1.29, 1.82) is 0 Å². The number of hydrogen-bond donors (Lipinski definition) is 2. The number of halogens is 1. The number of ether oxygens (including phenoxy) is 3. The van der Waals surface area contributed by atoms with Crippen molar-refractivity contribution in [2.24, 2.45) is 0 Å². The van der Waals surface area contributed by atoms with E-state index in [4.69, 9.17) is 14.2 Å². The van der Waals surface area contributed by atoms with Gasteiger partial charge in [0.1, 0.15) is 42.4 Å². The summed E-state index contributed by atoms with van der Waals surface area (Å²) >= 11 is 0. The Hall–Kier alpha value is -2.31. The highest BCUT2D eigenvalue weighted by molar-refractivity contribution is 5.31. The largest absolute Gasteiger partial charge is 0.490 e. The van der Waals surface area contributed by atoms with E-state index in [1.807, 2.05) is 13.8 Å². The molecule has 2 unspecified atom stereocenters. The number of aliphatic hydroxyl groups excluding tert-OH is 1. The molecule has 2 aromatic carbocycles. The highest BCUT2D eigenvalue weighted by Gasteiger charge is 2.17. The van der Waals surface area contributed by atoms with Gasteiger partial charge in [-0.25, -0.2) is 4.39 Å². The van der Waals surface area contributed by atoms with Crippen LogP contribution >= 0.6 is 0 Å². The average Bonchev–Trinajstić information content (AvgIpc) is 2.60. The van der Waals surface area contributed by atoms with Crippen LogP contribution in [0.25, 0.3) is 0 Å². The SMILES string of the molecule is CC(C)NC(Oc1ccc(OCCOc2ccc(F)cc2)cc1)C(C)O. The van der Waals surface area contributed by atoms with Crippen molar-refractivity contribution in [1.82, 2.24) is 5.32 Å². The van der Waals surface area contributed by atoms with Gasteiger partial charge in [0.2, 0.25) is 0 Å². The molecule has 0 aliphatic rings. The second-order valence-corrected chi connectivity index (χ2v) is 6.22. The lowest BCUT2D eigenvalue weighted by Crippen LogP contribution is -2.46. The second-order valence-electron chi connectivity index (χ2n) is 6.22. The summed E-state index contributed by atoms with van der Waals surface area (Å²) in [5, 5.41) is 12.9. The molecule has 0 spiro atoms. The predicted molar refractivity (Wildman–Crippen MR) is 98.2 cm³/mol. The summed E-state index contributed by atoms with van der Waals surface area (Å²) in [6.45, 7) is 6.38. The Labute approximate surface area is 153 Å². The van der Waals surface area contributed by atoms with E-state index in [2.05, 4.69) is 5.32 Å². The molecule has 0 amide bonds. The standard InChI is InChI=1S/C20H26FNO4/c1-14(2)22-20(15(3)23)26-19-10-8-18(9-11-19)25-13-12-24-17-6-4-16(21)5-7-17/h4-11,14-15,20,22-23H,12-13H2,1-3H3. The monoisotopic (exact) mass is 363 g/mol. The van der Waals surface area contributed by atoms with Crippen LogP contribution in [0.1, 0.15) is 20.8 Å². The Morgan fingerprint density at radius 2 is 1.31 bits per heavy atom. The van der Waals surface area contributed by atoms with E-state index < -0.39 is 12.3 Å². The molecule has 26 heavy (non-hydrogen) atoms. The molecule has 0 heterocycles. The number of aliphatic hydroxyl groups is 1. The molecule has 0 aromatic heterocycles. The van der Waals surface area contributed by atoms with Gasteiger partial charge in [-0.1, -0.05) is 0 Å². The van der Waals surface area contributed by atoms with Gasteiger partial charge in [0.05, 0.1) is 0 Å². The maximum atomic E-state index is 12.8. The van der Waals surface area contributed by atoms with Crippen LogP contribution in [0, 0.1) is 5.82 Å². The molecule has 2 atom stereocenters. The Kier molecular flexibility index (Phi) is 7.69. The number of nitrogens with one attached hydrogen (secondary N) is 1. The van der Waals surface area contributed by atoms with E-state index in [0.29, 0.717) is 30.5 Å². The zero-order chi connectivity index (χ0) is 18.9. The molecule has 2 rings (SSSR count). The minimum Gasteiger partial charge on any atom is -0.490 e. The van der Waals surface area contributed by atoms with E-state index in [1.165, 1.54) is 12.1 Å². The molecule has 2 N–H and O–H groups in total. The maximum Gasteiger partial charge on any atom is 0.176 e. The van der Waals surface area contributed by atoms with E-state index in [-0.39, 0.29) is 11.9 Å². The zero-order valence-electron chi connectivity index (χ0n) is 15.3. The Bertz CT molecular complexity index is 644. The van der Waals surface area contributed by atoms with Gasteiger partial charge in [0, 0.05) is 6.04 Å². The number of rotatable bonds is 10. The minimum absolute atomic E-state index is 0.193. The van der Waals surface area contributed by atoms with Crippen molar-refractivity contribution >= 4 is 0 Å². The van der Waals surface area contributed by atoms with Crippen molar-refractivity contribution in [3.8, 4) is 17.2 Å². The van der Waals surface area contributed by atoms with Gasteiger partial charge in [-0.15, -0.1) is 0 Å². The molecule has 0 radical (unpaired) electrons. The quantitative estimate of drug-likeness (QED) is 0.501. The molecule has 142 valence electrons. The molecule has 0 bridgehead atoms. The van der Waals surface area contributed by atoms with Gasteiger partial charge in [0.15, 0.2) is 6.23 Å². The lowest BCUT2D eigenvalue weighted by Gasteiger charge is -2.25. The first kappa shape index (κ1) is 20.0. The van der Waals surface area contributed by atoms with Crippen molar-refractivity contribution in [3.63, 3.8) is 0 Å². The molecule has 0 saturated heterocycles. The van der Waals surface area contributed by atoms with Crippen LogP contribution in [0.15, 0.2) is 48.5 Å². The van der Waals surface area contributed by atoms with Crippen LogP contribution < -0.4 is 19.5 Å². The van der Waals surface area contributed by atoms with Crippen molar-refractivity contribution in [2.75, 3.05) is 13.2 Å². The maximum absolute atomic E-state index is 12.8. The number of hydrogen-bond acceptors (Lipinski definition) is 5. The van der Waals surface area contributed by atoms with E-state index >= 15 is 0 Å². The fourth-order valence-corrected chi connectivity index (χ4v) is 2.21. The highest BCUT2D eigenvalue weighted by Crippen LogP contribution is 2.19. The smallest absolute Gasteiger partial charge is 0.176 e. The van der Waals surface area contributed by atoms with Crippen molar-refractivity contribution in [2.45, 2.75) is 39.1 Å². The predicted octanol–water partition coefficient (Wildman–Crippen LogP) is 3.37. The summed E-state index contributed by atoms with van der Waals surface area (Å²) in [5.74, 6) is 1.63. The number of benzene rings is 2. The third-order valence-electron chi connectivity index (χ3n) is 3.46. The molecule has 0 aliphatic carbocycles. The third kappa shape index (κ3) is 6.90. The fourth-order valence-electron chi connectivity index (χ4n) is 2.21. The first-order valence-electron chi connectivity index (χ1n) is 8.66. The summed E-state index contributed by atoms with van der Waals surface area (Å²) < 4.78 is 29.6. The van der Waals surface area contributed by atoms with Crippen LogP contribution in [-0.4, -0.2) is 36.7 Å². The third-order valence-corrected chi connectivity index (χ3v) is 3.46. The minimum atomic E-state index is -0.642. The van der Waals surface area contributed by atoms with Gasteiger partial charge < -0.3 is 19.3 Å². The summed E-state index contributed by atoms with van der Waals surface area (Å²) in [5.41, 5.74) is 0. The van der Waals surface area contributed by atoms with Crippen LogP contribution in [-0.2, 0) is 0 Å². The Balaban J connectivity index is 1.76. The molecule has 6 heteroatoms. The van der Waals surface area contributed by atoms with Crippen LogP contribution in [0.2, 0.25) is 0 Å². The van der Waals surface area contributed by atoms with Crippen LogP contribution in [0.4, 0.5) is 4.39 Å². The van der Waals surface area contributed by atoms with Crippen LogP contribution in [0.3, 0.4) is 0 Å². The fraction of sp³-hybridized carbons (Fsp3) is 0.400. The highest BCUT2D eigenvalue weighted by atomic mass is 19.1. The zero-order valence-corrected chi connectivity index (χ0v) is 15.3. The summed E-state index contributed by atoms with van der Waals surface area (Å²) in [4.78, 5) is 0. The molecular formula is C20H26FNO4. The lowest BCUT2D eigenvalue weighted by atomic mass is 10.3. The van der Waals surface area contributed by atoms with Crippen LogP contribution in [0.5, 0.6) is 17.2 Å². The van der Waals surface area contributed by atoms with Crippen molar-refractivity contribution < 1.29 is 23.7 Å². The molecule has 2 aromatic rings. The molecule has 0 aliphatic heterocycles. The van der Waals surface area contributed by atoms with Gasteiger partial charge in [-0.3, -0.25) is 5.32 Å². The van der Waals surface area contributed by atoms with E-state index in [9.17, 15) is 9.50 Å². The Morgan fingerprint density at radius 3 is 1.77 bits per heavy atom. The molecular weight excluding hydrogens is 337 g/mol. The Morgan fingerprint density at radius 1 is 0.846 bits per heavy atom. The van der Waals surface area contributed by atoms with E-state index in [0.717, 1.165) is 0 Å². The molecule has 0 saturated carbocycles. The molecule has 5 nitrogen and oxygen atoms in total. The lowest BCUT2D eigenvalue weighted by molar-refractivity contribution is 0.0218. The van der Waals surface area contributed by atoms with Gasteiger partial charge in [-0.2, -0.15) is 0 Å². The van der Waals surface area contributed by atoms with Gasteiger partial charge in [-0.05, 0) is 69.3 Å². The average molecular weight is 363 g/mol. The molecule has 0 fully saturated rings. The summed E-state index contributed by atoms with van der Waals surface area (Å²) in [7, 11) is 0. The van der Waals surface area contributed by atoms with Crippen molar-refractivity contribution in [3.05, 3.63) is 54.3 Å². The first-order chi connectivity index (χ1) is 12.4. The first-order valence-corrected chi connectivity index (χ1v) is 8.66. The van der Waals surface area contributed by atoms with E-state index in [1.54, 1.807) is 43.3 Å². The normalized spacial score (nSPS) is 13.3. The summed E-state index contributed by atoms with van der Waals surface area (Å²) in [6, 6.07) is 13.2. The van der Waals surface area contributed by atoms with Gasteiger partial charge in [0.25, 0.3) is 0 Å². The van der Waals surface area contributed by atoms with Gasteiger partial charge >= 0.3 is 0 Å². The topological polar surface area (TPSA) is 60.0 Å². The second kappa shape index (κ2) is 9.99. The summed E-state index contributed by atoms with van der Waals surface area (Å²) in [6.07, 6.45) is -1.12.